The van der Waals surface area contributed by atoms with Crippen molar-refractivity contribution >= 4 is 0 Å². The van der Waals surface area contributed by atoms with E-state index in [0.717, 1.165) is 25.3 Å². The van der Waals surface area contributed by atoms with Crippen molar-refractivity contribution in [2.45, 2.75) is 18.9 Å². The monoisotopic (exact) mass is 291 g/mol. The van der Waals surface area contributed by atoms with Gasteiger partial charge in [-0.05, 0) is 36.2 Å². The third-order valence-electron chi connectivity index (χ3n) is 3.87. The van der Waals surface area contributed by atoms with Crippen LogP contribution in [0.4, 0.5) is 0 Å². The predicted molar refractivity (Wildman–Crippen MR) is 89.8 cm³/mol. The molecule has 0 aliphatic heterocycles. The van der Waals surface area contributed by atoms with E-state index in [0.29, 0.717) is 5.92 Å². The van der Waals surface area contributed by atoms with Crippen molar-refractivity contribution in [1.29, 1.82) is 0 Å². The Morgan fingerprint density at radius 3 is 2.23 bits per heavy atom. The van der Waals surface area contributed by atoms with Crippen molar-refractivity contribution in [1.82, 2.24) is 5.32 Å². The fourth-order valence-electron chi connectivity index (χ4n) is 2.72. The summed E-state index contributed by atoms with van der Waals surface area (Å²) in [6.45, 7) is 1.86. The van der Waals surface area contributed by atoms with E-state index in [4.69, 9.17) is 4.42 Å². The molecule has 1 heterocycles. The molecule has 0 radical (unpaired) electrons. The summed E-state index contributed by atoms with van der Waals surface area (Å²) in [6, 6.07) is 25.1. The molecule has 0 aliphatic rings. The molecule has 0 fully saturated rings. The van der Waals surface area contributed by atoms with Crippen molar-refractivity contribution < 1.29 is 4.42 Å². The Hall–Kier alpha value is -2.32. The lowest BCUT2D eigenvalue weighted by Crippen LogP contribution is -2.17. The van der Waals surface area contributed by atoms with Gasteiger partial charge >= 0.3 is 0 Å². The van der Waals surface area contributed by atoms with Gasteiger partial charge in [0.2, 0.25) is 0 Å². The van der Waals surface area contributed by atoms with Gasteiger partial charge in [0.15, 0.2) is 0 Å². The third kappa shape index (κ3) is 3.86. The van der Waals surface area contributed by atoms with Crippen molar-refractivity contribution in [3.63, 3.8) is 0 Å². The molecule has 112 valence electrons. The maximum atomic E-state index is 5.64. The van der Waals surface area contributed by atoms with Gasteiger partial charge in [-0.25, -0.2) is 0 Å². The average molecular weight is 291 g/mol. The van der Waals surface area contributed by atoms with Crippen LogP contribution in [0.1, 0.15) is 29.2 Å². The van der Waals surface area contributed by atoms with Crippen molar-refractivity contribution in [3.05, 3.63) is 95.9 Å². The molecule has 0 saturated carbocycles. The topological polar surface area (TPSA) is 25.2 Å². The zero-order valence-corrected chi connectivity index (χ0v) is 12.6. The average Bonchev–Trinajstić information content (AvgIpc) is 3.11. The highest BCUT2D eigenvalue weighted by Crippen LogP contribution is 2.27. The van der Waals surface area contributed by atoms with Gasteiger partial charge in [-0.15, -0.1) is 0 Å². The van der Waals surface area contributed by atoms with Crippen LogP contribution in [0.2, 0.25) is 0 Å². The largest absolute Gasteiger partial charge is 0.469 e. The second-order valence-electron chi connectivity index (χ2n) is 5.43. The van der Waals surface area contributed by atoms with E-state index >= 15 is 0 Å². The number of rotatable bonds is 7. The predicted octanol–water partition coefficient (Wildman–Crippen LogP) is 4.59. The molecule has 0 bridgehead atoms. The summed E-state index contributed by atoms with van der Waals surface area (Å²) >= 11 is 0. The summed E-state index contributed by atoms with van der Waals surface area (Å²) in [5, 5.41) is 3.52. The number of hydrogen-bond donors (Lipinski definition) is 1. The summed E-state index contributed by atoms with van der Waals surface area (Å²) in [5.41, 5.74) is 2.62. The van der Waals surface area contributed by atoms with Crippen LogP contribution in [0, 0.1) is 0 Å². The summed E-state index contributed by atoms with van der Waals surface area (Å²) < 4.78 is 5.64. The van der Waals surface area contributed by atoms with Crippen LogP contribution in [0.25, 0.3) is 0 Å². The first kappa shape index (κ1) is 14.6. The van der Waals surface area contributed by atoms with Gasteiger partial charge in [-0.1, -0.05) is 60.7 Å². The smallest absolute Gasteiger partial charge is 0.111 e. The first-order valence-corrected chi connectivity index (χ1v) is 7.76. The standard InChI is InChI=1S/C20H21NO/c1-3-8-17(9-4-1)16-21-14-13-19(20-12-7-15-22-20)18-10-5-2-6-11-18/h1-12,15,19,21H,13-14,16H2/t19-/m0/s1. The molecule has 3 rings (SSSR count). The van der Waals surface area contributed by atoms with E-state index in [1.54, 1.807) is 6.26 Å². The lowest BCUT2D eigenvalue weighted by molar-refractivity contribution is 0.466. The minimum absolute atomic E-state index is 0.305. The van der Waals surface area contributed by atoms with Gasteiger partial charge in [0.25, 0.3) is 0 Å². The Bertz CT molecular complexity index is 647. The van der Waals surface area contributed by atoms with E-state index in [9.17, 15) is 0 Å². The van der Waals surface area contributed by atoms with Gasteiger partial charge in [-0.2, -0.15) is 0 Å². The van der Waals surface area contributed by atoms with Crippen LogP contribution in [0.15, 0.2) is 83.5 Å². The first-order valence-electron chi connectivity index (χ1n) is 7.76. The van der Waals surface area contributed by atoms with Gasteiger partial charge in [0.05, 0.1) is 6.26 Å². The van der Waals surface area contributed by atoms with Crippen molar-refractivity contribution in [2.75, 3.05) is 6.54 Å². The first-order chi connectivity index (χ1) is 10.9. The van der Waals surface area contributed by atoms with Crippen LogP contribution in [-0.2, 0) is 6.54 Å². The molecule has 2 nitrogen and oxygen atoms in total. The van der Waals surface area contributed by atoms with Crippen LogP contribution in [0.3, 0.4) is 0 Å². The Kier molecular flexibility index (Phi) is 5.06. The summed E-state index contributed by atoms with van der Waals surface area (Å²) in [6.07, 6.45) is 2.77. The van der Waals surface area contributed by atoms with Gasteiger partial charge in [-0.3, -0.25) is 0 Å². The Labute approximate surface area is 131 Å². The number of hydrogen-bond acceptors (Lipinski definition) is 2. The number of benzene rings is 2. The van der Waals surface area contributed by atoms with Crippen LogP contribution in [-0.4, -0.2) is 6.54 Å². The zero-order valence-electron chi connectivity index (χ0n) is 12.6. The fraction of sp³-hybridized carbons (Fsp3) is 0.200. The number of nitrogens with one attached hydrogen (secondary N) is 1. The SMILES string of the molecule is c1ccc(CNCC[C@@H](c2ccccc2)c2ccco2)cc1. The fourth-order valence-corrected chi connectivity index (χ4v) is 2.72. The molecule has 0 saturated heterocycles. The minimum atomic E-state index is 0.305. The molecule has 0 unspecified atom stereocenters. The maximum absolute atomic E-state index is 5.64. The molecular weight excluding hydrogens is 270 g/mol. The minimum Gasteiger partial charge on any atom is -0.469 e. The van der Waals surface area contributed by atoms with E-state index in [1.165, 1.54) is 11.1 Å². The highest BCUT2D eigenvalue weighted by molar-refractivity contribution is 5.27. The quantitative estimate of drug-likeness (QED) is 0.644. The summed E-state index contributed by atoms with van der Waals surface area (Å²) in [5.74, 6) is 1.34. The molecule has 1 N–H and O–H groups in total. The van der Waals surface area contributed by atoms with Gasteiger partial charge in [0.1, 0.15) is 5.76 Å². The lowest BCUT2D eigenvalue weighted by atomic mass is 9.93. The van der Waals surface area contributed by atoms with Gasteiger partial charge < -0.3 is 9.73 Å². The van der Waals surface area contributed by atoms with Crippen molar-refractivity contribution in [3.8, 4) is 0 Å². The lowest BCUT2D eigenvalue weighted by Gasteiger charge is -2.15. The molecule has 1 aromatic heterocycles. The highest BCUT2D eigenvalue weighted by atomic mass is 16.3. The number of furan rings is 1. The van der Waals surface area contributed by atoms with E-state index in [2.05, 4.69) is 66.0 Å². The molecule has 0 spiro atoms. The Balaban J connectivity index is 1.59. The second kappa shape index (κ2) is 7.62. The third-order valence-corrected chi connectivity index (χ3v) is 3.87. The summed E-state index contributed by atoms with van der Waals surface area (Å²) in [4.78, 5) is 0. The molecule has 22 heavy (non-hydrogen) atoms. The molecule has 0 amide bonds. The van der Waals surface area contributed by atoms with Crippen LogP contribution >= 0.6 is 0 Å². The summed E-state index contributed by atoms with van der Waals surface area (Å²) in [7, 11) is 0. The normalized spacial score (nSPS) is 12.2. The molecule has 0 aliphatic carbocycles. The molecule has 2 heteroatoms. The Morgan fingerprint density at radius 1 is 0.818 bits per heavy atom. The molecular formula is C20H21NO. The molecule has 3 aromatic rings. The van der Waals surface area contributed by atoms with Crippen LogP contribution in [0.5, 0.6) is 0 Å². The van der Waals surface area contributed by atoms with Gasteiger partial charge in [0, 0.05) is 12.5 Å². The van der Waals surface area contributed by atoms with Crippen molar-refractivity contribution in [2.24, 2.45) is 0 Å². The Morgan fingerprint density at radius 2 is 1.55 bits per heavy atom. The highest BCUT2D eigenvalue weighted by Gasteiger charge is 2.16. The zero-order chi connectivity index (χ0) is 15.0. The van der Waals surface area contributed by atoms with Crippen LogP contribution < -0.4 is 5.32 Å². The second-order valence-corrected chi connectivity index (χ2v) is 5.43. The molecule has 1 atom stereocenters. The van der Waals surface area contributed by atoms with E-state index in [-0.39, 0.29) is 0 Å². The maximum Gasteiger partial charge on any atom is 0.111 e. The van der Waals surface area contributed by atoms with E-state index in [1.807, 2.05) is 12.1 Å². The van der Waals surface area contributed by atoms with E-state index < -0.39 is 0 Å². The molecule has 2 aromatic carbocycles.